The Morgan fingerprint density at radius 3 is 3.18 bits per heavy atom. The fourth-order valence-electron chi connectivity index (χ4n) is 1.44. The summed E-state index contributed by atoms with van der Waals surface area (Å²) in [4.78, 5) is 0. The van der Waals surface area contributed by atoms with E-state index in [1.165, 1.54) is 5.57 Å². The van der Waals surface area contributed by atoms with E-state index >= 15 is 0 Å². The Balaban J connectivity index is 2.29. The Morgan fingerprint density at radius 2 is 2.36 bits per heavy atom. The molecular formula is C9H11NS. The largest absolute Gasteiger partial charge is 0.326 e. The Morgan fingerprint density at radius 1 is 1.45 bits per heavy atom. The van der Waals surface area contributed by atoms with Crippen molar-refractivity contribution in [1.29, 1.82) is 0 Å². The van der Waals surface area contributed by atoms with E-state index in [1.807, 2.05) is 11.8 Å². The maximum atomic E-state index is 5.94. The van der Waals surface area contributed by atoms with Gasteiger partial charge in [-0.1, -0.05) is 24.3 Å². The second-order valence-corrected chi connectivity index (χ2v) is 3.79. The van der Waals surface area contributed by atoms with Crippen LogP contribution in [0.3, 0.4) is 0 Å². The van der Waals surface area contributed by atoms with E-state index in [0.717, 1.165) is 5.75 Å². The van der Waals surface area contributed by atoms with Crippen LogP contribution >= 0.6 is 11.8 Å². The first-order chi connectivity index (χ1) is 5.38. The van der Waals surface area contributed by atoms with Crippen molar-refractivity contribution in [3.05, 3.63) is 35.3 Å². The van der Waals surface area contributed by atoms with Gasteiger partial charge in [-0.3, -0.25) is 0 Å². The molecule has 2 aliphatic rings. The molecule has 2 unspecified atom stereocenters. The van der Waals surface area contributed by atoms with Gasteiger partial charge in [-0.25, -0.2) is 0 Å². The minimum atomic E-state index is 0.307. The monoisotopic (exact) mass is 165 g/mol. The van der Waals surface area contributed by atoms with E-state index in [0.29, 0.717) is 12.0 Å². The van der Waals surface area contributed by atoms with Crippen LogP contribution in [0.5, 0.6) is 0 Å². The van der Waals surface area contributed by atoms with E-state index in [2.05, 4.69) is 29.7 Å². The highest BCUT2D eigenvalue weighted by atomic mass is 32.2. The highest BCUT2D eigenvalue weighted by Crippen LogP contribution is 2.30. The molecule has 1 aliphatic heterocycles. The van der Waals surface area contributed by atoms with Gasteiger partial charge in [0.2, 0.25) is 0 Å². The standard InChI is InChI=1S/C9H11NS/c10-9-6-11-5-7-3-1-2-4-8(7)9/h1-5,8-9H,6,10H2. The van der Waals surface area contributed by atoms with Crippen molar-refractivity contribution in [1.82, 2.24) is 0 Å². The smallest absolute Gasteiger partial charge is 0.0238 e. The lowest BCUT2D eigenvalue weighted by atomic mass is 9.90. The topological polar surface area (TPSA) is 26.0 Å². The molecule has 11 heavy (non-hydrogen) atoms. The summed E-state index contributed by atoms with van der Waals surface area (Å²) in [5.41, 5.74) is 7.31. The SMILES string of the molecule is NC1CSC=C2C=CC=CC21. The minimum absolute atomic E-state index is 0.307. The second-order valence-electron chi connectivity index (χ2n) is 2.88. The lowest BCUT2D eigenvalue weighted by Crippen LogP contribution is -2.34. The van der Waals surface area contributed by atoms with Gasteiger partial charge in [-0.2, -0.15) is 0 Å². The van der Waals surface area contributed by atoms with Crippen LogP contribution in [-0.2, 0) is 0 Å². The maximum Gasteiger partial charge on any atom is 0.0238 e. The quantitative estimate of drug-likeness (QED) is 0.591. The molecule has 58 valence electrons. The van der Waals surface area contributed by atoms with Crippen LogP contribution in [0.1, 0.15) is 0 Å². The molecule has 0 aromatic carbocycles. The summed E-state index contributed by atoms with van der Waals surface area (Å²) in [5, 5.41) is 2.22. The van der Waals surface area contributed by atoms with Crippen molar-refractivity contribution in [2.24, 2.45) is 11.7 Å². The van der Waals surface area contributed by atoms with E-state index in [1.54, 1.807) is 0 Å². The van der Waals surface area contributed by atoms with Gasteiger partial charge in [0.1, 0.15) is 0 Å². The van der Waals surface area contributed by atoms with E-state index < -0.39 is 0 Å². The van der Waals surface area contributed by atoms with Crippen molar-refractivity contribution in [3.8, 4) is 0 Å². The molecule has 0 fully saturated rings. The third kappa shape index (κ3) is 1.28. The van der Waals surface area contributed by atoms with Crippen LogP contribution in [0.25, 0.3) is 0 Å². The summed E-state index contributed by atoms with van der Waals surface area (Å²) in [6.45, 7) is 0. The molecule has 2 heteroatoms. The van der Waals surface area contributed by atoms with Crippen LogP contribution in [0.15, 0.2) is 35.3 Å². The van der Waals surface area contributed by atoms with Gasteiger partial charge in [0.15, 0.2) is 0 Å². The number of fused-ring (bicyclic) bond motifs is 1. The number of hydrogen-bond acceptors (Lipinski definition) is 2. The third-order valence-electron chi connectivity index (χ3n) is 2.07. The number of nitrogens with two attached hydrogens (primary N) is 1. The zero-order valence-corrected chi connectivity index (χ0v) is 7.05. The third-order valence-corrected chi connectivity index (χ3v) is 3.09. The highest BCUT2D eigenvalue weighted by molar-refractivity contribution is 8.02. The first-order valence-corrected chi connectivity index (χ1v) is 4.85. The second kappa shape index (κ2) is 2.88. The van der Waals surface area contributed by atoms with Crippen LogP contribution in [-0.4, -0.2) is 11.8 Å². The number of rotatable bonds is 0. The molecule has 0 amide bonds. The summed E-state index contributed by atoms with van der Waals surface area (Å²) < 4.78 is 0. The fourth-order valence-corrected chi connectivity index (χ4v) is 2.39. The molecule has 0 saturated heterocycles. The number of thioether (sulfide) groups is 1. The fraction of sp³-hybridized carbons (Fsp3) is 0.333. The zero-order chi connectivity index (χ0) is 7.68. The summed E-state index contributed by atoms with van der Waals surface area (Å²) >= 11 is 1.82. The Bertz CT molecular complexity index is 240. The Labute approximate surface area is 71.0 Å². The number of allylic oxidation sites excluding steroid dienone is 3. The molecule has 0 bridgehead atoms. The summed E-state index contributed by atoms with van der Waals surface area (Å²) in [6.07, 6.45) is 8.49. The van der Waals surface area contributed by atoms with Crippen LogP contribution in [0, 0.1) is 5.92 Å². The molecule has 0 radical (unpaired) electrons. The maximum absolute atomic E-state index is 5.94. The molecule has 2 rings (SSSR count). The van der Waals surface area contributed by atoms with Crippen molar-refractivity contribution in [2.75, 3.05) is 5.75 Å². The normalized spacial score (nSPS) is 34.8. The summed E-state index contributed by atoms with van der Waals surface area (Å²) in [5.74, 6) is 1.52. The van der Waals surface area contributed by atoms with Crippen molar-refractivity contribution < 1.29 is 0 Å². The molecule has 0 saturated carbocycles. The Hall–Kier alpha value is -0.470. The zero-order valence-electron chi connectivity index (χ0n) is 6.23. The molecule has 1 heterocycles. The van der Waals surface area contributed by atoms with Crippen LogP contribution in [0.2, 0.25) is 0 Å². The average molecular weight is 165 g/mol. The van der Waals surface area contributed by atoms with Gasteiger partial charge in [0.05, 0.1) is 0 Å². The van der Waals surface area contributed by atoms with Gasteiger partial charge >= 0.3 is 0 Å². The molecule has 1 nitrogen and oxygen atoms in total. The van der Waals surface area contributed by atoms with E-state index in [9.17, 15) is 0 Å². The van der Waals surface area contributed by atoms with E-state index in [4.69, 9.17) is 5.73 Å². The molecule has 1 aliphatic carbocycles. The molecule has 0 spiro atoms. The molecule has 2 atom stereocenters. The van der Waals surface area contributed by atoms with Gasteiger partial charge in [-0.05, 0) is 11.0 Å². The van der Waals surface area contributed by atoms with Crippen molar-refractivity contribution in [2.45, 2.75) is 6.04 Å². The Kier molecular flexibility index (Phi) is 1.88. The van der Waals surface area contributed by atoms with E-state index in [-0.39, 0.29) is 0 Å². The highest BCUT2D eigenvalue weighted by Gasteiger charge is 2.22. The van der Waals surface area contributed by atoms with Gasteiger partial charge < -0.3 is 5.73 Å². The molecular weight excluding hydrogens is 154 g/mol. The first-order valence-electron chi connectivity index (χ1n) is 3.80. The first kappa shape index (κ1) is 7.19. The van der Waals surface area contributed by atoms with Crippen LogP contribution < -0.4 is 5.73 Å². The lowest BCUT2D eigenvalue weighted by Gasteiger charge is -2.27. The number of hydrogen-bond donors (Lipinski definition) is 1. The van der Waals surface area contributed by atoms with Gasteiger partial charge in [-0.15, -0.1) is 11.8 Å². The molecule has 2 N–H and O–H groups in total. The average Bonchev–Trinajstić information content (AvgIpc) is 2.06. The summed E-state index contributed by atoms with van der Waals surface area (Å²) in [6, 6.07) is 0.307. The van der Waals surface area contributed by atoms with Gasteiger partial charge in [0, 0.05) is 17.7 Å². The molecule has 0 aromatic heterocycles. The van der Waals surface area contributed by atoms with Gasteiger partial charge in [0.25, 0.3) is 0 Å². The molecule has 0 aromatic rings. The lowest BCUT2D eigenvalue weighted by molar-refractivity contribution is 0.617. The predicted octanol–water partition coefficient (Wildman–Crippen LogP) is 1.69. The predicted molar refractivity (Wildman–Crippen MR) is 50.3 cm³/mol. The minimum Gasteiger partial charge on any atom is -0.326 e. The van der Waals surface area contributed by atoms with Crippen molar-refractivity contribution in [3.63, 3.8) is 0 Å². The van der Waals surface area contributed by atoms with Crippen LogP contribution in [0.4, 0.5) is 0 Å². The summed E-state index contributed by atoms with van der Waals surface area (Å²) in [7, 11) is 0. The van der Waals surface area contributed by atoms with Crippen molar-refractivity contribution >= 4 is 11.8 Å².